The molecule has 0 saturated heterocycles. The first-order valence-electron chi connectivity index (χ1n) is 4.13. The molecule has 0 saturated carbocycles. The monoisotopic (exact) mass is 268 g/mol. The Balaban J connectivity index is 2.54. The van der Waals surface area contributed by atoms with E-state index in [1.165, 1.54) is 12.5 Å². The molecule has 0 aliphatic carbocycles. The van der Waals surface area contributed by atoms with Crippen LogP contribution in [0.5, 0.6) is 0 Å². The molecule has 2 rings (SSSR count). The van der Waals surface area contributed by atoms with Crippen molar-refractivity contribution in [3.05, 3.63) is 34.8 Å². The van der Waals surface area contributed by atoms with Gasteiger partial charge in [-0.05, 0) is 22.9 Å². The molecular formula is C9H6BrFN4. The molecule has 0 bridgehead atoms. The van der Waals surface area contributed by atoms with E-state index in [9.17, 15) is 4.39 Å². The minimum absolute atomic E-state index is 0.120. The molecule has 15 heavy (non-hydrogen) atoms. The van der Waals surface area contributed by atoms with Crippen LogP contribution < -0.4 is 0 Å². The Labute approximate surface area is 93.8 Å². The molecule has 0 aliphatic heterocycles. The van der Waals surface area contributed by atoms with Gasteiger partial charge in [0.1, 0.15) is 22.3 Å². The minimum Gasteiger partial charge on any atom is -0.258 e. The molecule has 0 amide bonds. The number of aromatic nitrogens is 4. The number of hydrogen-bond acceptors (Lipinski definition) is 4. The van der Waals surface area contributed by atoms with Gasteiger partial charge in [-0.3, -0.25) is 9.97 Å². The average Bonchev–Trinajstić information content (AvgIpc) is 2.24. The van der Waals surface area contributed by atoms with Gasteiger partial charge in [0.05, 0.1) is 11.9 Å². The second-order valence-electron chi connectivity index (χ2n) is 2.87. The lowest BCUT2D eigenvalue weighted by Gasteiger charge is -2.01. The van der Waals surface area contributed by atoms with Crippen molar-refractivity contribution in [1.29, 1.82) is 0 Å². The van der Waals surface area contributed by atoms with E-state index in [4.69, 9.17) is 0 Å². The zero-order valence-electron chi connectivity index (χ0n) is 7.78. The first-order valence-corrected chi connectivity index (χ1v) is 4.93. The van der Waals surface area contributed by atoms with Crippen molar-refractivity contribution in [2.45, 2.75) is 6.92 Å². The molecule has 2 aromatic rings. The van der Waals surface area contributed by atoms with Crippen LogP contribution in [0.4, 0.5) is 4.39 Å². The van der Waals surface area contributed by atoms with Crippen molar-refractivity contribution in [1.82, 2.24) is 19.9 Å². The molecule has 76 valence electrons. The number of halogens is 2. The average molecular weight is 269 g/mol. The Hall–Kier alpha value is -1.43. The largest absolute Gasteiger partial charge is 0.258 e. The van der Waals surface area contributed by atoms with E-state index in [-0.39, 0.29) is 10.3 Å². The summed E-state index contributed by atoms with van der Waals surface area (Å²) in [5.41, 5.74) is 1.30. The smallest absolute Gasteiger partial charge is 0.183 e. The van der Waals surface area contributed by atoms with E-state index < -0.39 is 5.82 Å². The van der Waals surface area contributed by atoms with Gasteiger partial charge < -0.3 is 0 Å². The molecule has 2 aromatic heterocycles. The molecule has 4 nitrogen and oxygen atoms in total. The van der Waals surface area contributed by atoms with Crippen LogP contribution in [0.3, 0.4) is 0 Å². The Bertz CT molecular complexity index is 486. The van der Waals surface area contributed by atoms with Gasteiger partial charge in [0, 0.05) is 6.20 Å². The molecule has 6 heteroatoms. The molecule has 0 N–H and O–H groups in total. The van der Waals surface area contributed by atoms with Crippen LogP contribution in [0.25, 0.3) is 11.4 Å². The van der Waals surface area contributed by atoms with Gasteiger partial charge in [-0.1, -0.05) is 0 Å². The Morgan fingerprint density at radius 3 is 2.60 bits per heavy atom. The van der Waals surface area contributed by atoms with Crippen molar-refractivity contribution in [2.75, 3.05) is 0 Å². The van der Waals surface area contributed by atoms with Crippen LogP contribution in [-0.2, 0) is 0 Å². The zero-order valence-corrected chi connectivity index (χ0v) is 9.36. The van der Waals surface area contributed by atoms with E-state index in [1.807, 2.05) is 6.92 Å². The normalized spacial score (nSPS) is 10.3. The van der Waals surface area contributed by atoms with Crippen LogP contribution in [0, 0.1) is 12.7 Å². The number of aryl methyl sites for hydroxylation is 1. The highest BCUT2D eigenvalue weighted by atomic mass is 79.9. The van der Waals surface area contributed by atoms with Crippen LogP contribution in [-0.4, -0.2) is 19.9 Å². The van der Waals surface area contributed by atoms with Gasteiger partial charge >= 0.3 is 0 Å². The third-order valence-electron chi connectivity index (χ3n) is 1.77. The second kappa shape index (κ2) is 3.98. The topological polar surface area (TPSA) is 51.6 Å². The fourth-order valence-electron chi connectivity index (χ4n) is 1.04. The first-order chi connectivity index (χ1) is 7.18. The van der Waals surface area contributed by atoms with E-state index in [2.05, 4.69) is 35.9 Å². The number of rotatable bonds is 1. The Morgan fingerprint density at radius 2 is 1.93 bits per heavy atom. The second-order valence-corrected chi connectivity index (χ2v) is 3.62. The quantitative estimate of drug-likeness (QED) is 0.744. The summed E-state index contributed by atoms with van der Waals surface area (Å²) in [5, 5.41) is 0. The summed E-state index contributed by atoms with van der Waals surface area (Å²) in [4.78, 5) is 15.5. The van der Waals surface area contributed by atoms with Gasteiger partial charge in [0.2, 0.25) is 0 Å². The standard InChI is InChI=1S/C9H6BrFN4/c1-5-2-13-6(3-12-5)8-7(11)9(10)15-4-14-8/h2-4H,1H3. The summed E-state index contributed by atoms with van der Waals surface area (Å²) < 4.78 is 13.7. The van der Waals surface area contributed by atoms with Crippen molar-refractivity contribution >= 4 is 15.9 Å². The summed E-state index contributed by atoms with van der Waals surface area (Å²) in [6.45, 7) is 1.81. The van der Waals surface area contributed by atoms with Crippen LogP contribution >= 0.6 is 15.9 Å². The van der Waals surface area contributed by atoms with Gasteiger partial charge in [0.15, 0.2) is 5.82 Å². The molecule has 0 unspecified atom stereocenters. The predicted molar refractivity (Wildman–Crippen MR) is 55.5 cm³/mol. The van der Waals surface area contributed by atoms with Crippen LogP contribution in [0.1, 0.15) is 5.69 Å². The van der Waals surface area contributed by atoms with Gasteiger partial charge in [-0.25, -0.2) is 14.4 Å². The Kier molecular flexibility index (Phi) is 2.68. The van der Waals surface area contributed by atoms with E-state index in [1.54, 1.807) is 6.20 Å². The van der Waals surface area contributed by atoms with E-state index in [0.717, 1.165) is 5.69 Å². The molecule has 0 fully saturated rings. The van der Waals surface area contributed by atoms with Crippen molar-refractivity contribution in [3.8, 4) is 11.4 Å². The molecule has 0 radical (unpaired) electrons. The highest BCUT2D eigenvalue weighted by Crippen LogP contribution is 2.21. The summed E-state index contributed by atoms with van der Waals surface area (Å²) in [7, 11) is 0. The summed E-state index contributed by atoms with van der Waals surface area (Å²) in [5.74, 6) is -0.532. The maximum Gasteiger partial charge on any atom is 0.183 e. The van der Waals surface area contributed by atoms with Gasteiger partial charge in [0.25, 0.3) is 0 Å². The van der Waals surface area contributed by atoms with Crippen molar-refractivity contribution < 1.29 is 4.39 Å². The van der Waals surface area contributed by atoms with Crippen molar-refractivity contribution in [2.24, 2.45) is 0 Å². The summed E-state index contributed by atoms with van der Waals surface area (Å²) >= 11 is 2.98. The third kappa shape index (κ3) is 1.99. The maximum atomic E-state index is 13.5. The predicted octanol–water partition coefficient (Wildman–Crippen LogP) is 2.14. The molecule has 0 atom stereocenters. The molecule has 2 heterocycles. The van der Waals surface area contributed by atoms with Crippen molar-refractivity contribution in [3.63, 3.8) is 0 Å². The van der Waals surface area contributed by atoms with Crippen LogP contribution in [0.2, 0.25) is 0 Å². The zero-order chi connectivity index (χ0) is 10.8. The van der Waals surface area contributed by atoms with Crippen LogP contribution in [0.15, 0.2) is 23.3 Å². The highest BCUT2D eigenvalue weighted by molar-refractivity contribution is 9.10. The first kappa shape index (κ1) is 10.1. The van der Waals surface area contributed by atoms with Gasteiger partial charge in [-0.15, -0.1) is 0 Å². The minimum atomic E-state index is -0.532. The molecule has 0 spiro atoms. The lowest BCUT2D eigenvalue weighted by molar-refractivity contribution is 0.608. The lowest BCUT2D eigenvalue weighted by Crippen LogP contribution is -1.96. The lowest BCUT2D eigenvalue weighted by atomic mass is 10.3. The summed E-state index contributed by atoms with van der Waals surface area (Å²) in [6.07, 6.45) is 4.31. The van der Waals surface area contributed by atoms with Gasteiger partial charge in [-0.2, -0.15) is 0 Å². The summed E-state index contributed by atoms with van der Waals surface area (Å²) in [6, 6.07) is 0. The molecule has 0 aromatic carbocycles. The number of hydrogen-bond donors (Lipinski definition) is 0. The fraction of sp³-hybridized carbons (Fsp3) is 0.111. The highest BCUT2D eigenvalue weighted by Gasteiger charge is 2.11. The fourth-order valence-corrected chi connectivity index (χ4v) is 1.32. The third-order valence-corrected chi connectivity index (χ3v) is 2.32. The number of nitrogens with zero attached hydrogens (tertiary/aromatic N) is 4. The van der Waals surface area contributed by atoms with E-state index in [0.29, 0.717) is 5.69 Å². The SMILES string of the molecule is Cc1cnc(-c2ncnc(Br)c2F)cn1. The maximum absolute atomic E-state index is 13.5. The van der Waals surface area contributed by atoms with E-state index >= 15 is 0 Å². The molecular weight excluding hydrogens is 263 g/mol. The molecule has 0 aliphatic rings. The Morgan fingerprint density at radius 1 is 1.13 bits per heavy atom.